The highest BCUT2D eigenvalue weighted by atomic mass is 16.2. The van der Waals surface area contributed by atoms with Gasteiger partial charge in [0.05, 0.1) is 0 Å². The lowest BCUT2D eigenvalue weighted by atomic mass is 10.0. The van der Waals surface area contributed by atoms with Gasteiger partial charge in [-0.2, -0.15) is 0 Å². The van der Waals surface area contributed by atoms with E-state index in [0.717, 1.165) is 31.9 Å². The zero-order chi connectivity index (χ0) is 15.9. The molecule has 0 unspecified atom stereocenters. The highest BCUT2D eigenvalue weighted by molar-refractivity contribution is 5.93. The molecule has 5 nitrogen and oxygen atoms in total. The average Bonchev–Trinajstić information content (AvgIpc) is 2.54. The first-order chi connectivity index (χ1) is 10.6. The summed E-state index contributed by atoms with van der Waals surface area (Å²) < 4.78 is 0. The molecule has 1 heterocycles. The topological polar surface area (TPSA) is 61.4 Å². The quantitative estimate of drug-likeness (QED) is 0.874. The van der Waals surface area contributed by atoms with Gasteiger partial charge in [0.1, 0.15) is 0 Å². The summed E-state index contributed by atoms with van der Waals surface area (Å²) in [6, 6.07) is 7.86. The van der Waals surface area contributed by atoms with Gasteiger partial charge >= 0.3 is 0 Å². The fourth-order valence-electron chi connectivity index (χ4n) is 2.47. The van der Waals surface area contributed by atoms with Gasteiger partial charge in [-0.3, -0.25) is 9.59 Å². The van der Waals surface area contributed by atoms with Gasteiger partial charge in [0, 0.05) is 44.7 Å². The summed E-state index contributed by atoms with van der Waals surface area (Å²) >= 11 is 0. The molecule has 1 saturated heterocycles. The lowest BCUT2D eigenvalue weighted by Crippen LogP contribution is -2.46. The Bertz CT molecular complexity index is 505. The van der Waals surface area contributed by atoms with Crippen molar-refractivity contribution in [2.24, 2.45) is 0 Å². The Balaban J connectivity index is 1.76. The number of rotatable bonds is 5. The van der Waals surface area contributed by atoms with Gasteiger partial charge in [-0.15, -0.1) is 0 Å². The van der Waals surface area contributed by atoms with Crippen molar-refractivity contribution in [3.05, 3.63) is 29.8 Å². The van der Waals surface area contributed by atoms with Crippen LogP contribution in [0.3, 0.4) is 0 Å². The molecule has 0 radical (unpaired) electrons. The van der Waals surface area contributed by atoms with Crippen molar-refractivity contribution in [1.82, 2.24) is 10.2 Å². The predicted molar refractivity (Wildman–Crippen MR) is 87.8 cm³/mol. The van der Waals surface area contributed by atoms with E-state index in [1.807, 2.05) is 29.2 Å². The predicted octanol–water partition coefficient (Wildman–Crippen LogP) is 1.96. The standard InChI is InChI=1S/C17H25N3O2/c1-13(2)14-3-5-15(6-4-14)19-16(21)7-8-17(22)20-11-9-18-10-12-20/h3-6,13,18H,7-12H2,1-2H3,(H,19,21). The first-order valence-corrected chi connectivity index (χ1v) is 7.94. The Hall–Kier alpha value is -1.88. The van der Waals surface area contributed by atoms with Crippen LogP contribution in [0, 0.1) is 0 Å². The minimum atomic E-state index is -0.110. The fraction of sp³-hybridized carbons (Fsp3) is 0.529. The minimum Gasteiger partial charge on any atom is -0.340 e. The molecule has 0 bridgehead atoms. The third kappa shape index (κ3) is 4.84. The highest BCUT2D eigenvalue weighted by Crippen LogP contribution is 2.17. The Labute approximate surface area is 132 Å². The van der Waals surface area contributed by atoms with Gasteiger partial charge in [-0.1, -0.05) is 26.0 Å². The van der Waals surface area contributed by atoms with Crippen LogP contribution in [0.5, 0.6) is 0 Å². The molecule has 5 heteroatoms. The van der Waals surface area contributed by atoms with Gasteiger partial charge in [0.25, 0.3) is 0 Å². The van der Waals surface area contributed by atoms with Gasteiger partial charge < -0.3 is 15.5 Å². The lowest BCUT2D eigenvalue weighted by molar-refractivity contribution is -0.133. The maximum absolute atomic E-state index is 12.0. The molecule has 22 heavy (non-hydrogen) atoms. The van der Waals surface area contributed by atoms with E-state index >= 15 is 0 Å². The molecule has 120 valence electrons. The molecule has 0 aromatic heterocycles. The van der Waals surface area contributed by atoms with E-state index < -0.39 is 0 Å². The van der Waals surface area contributed by atoms with Crippen molar-refractivity contribution >= 4 is 17.5 Å². The summed E-state index contributed by atoms with van der Waals surface area (Å²) in [5.74, 6) is 0.425. The summed E-state index contributed by atoms with van der Waals surface area (Å²) in [6.45, 7) is 7.40. The van der Waals surface area contributed by atoms with Crippen LogP contribution in [-0.4, -0.2) is 42.9 Å². The molecule has 0 atom stereocenters. The van der Waals surface area contributed by atoms with Crippen LogP contribution >= 0.6 is 0 Å². The Morgan fingerprint density at radius 3 is 2.36 bits per heavy atom. The Morgan fingerprint density at radius 2 is 1.77 bits per heavy atom. The molecule has 1 aliphatic rings. The van der Waals surface area contributed by atoms with Crippen molar-refractivity contribution in [3.63, 3.8) is 0 Å². The van der Waals surface area contributed by atoms with Crippen LogP contribution in [0.2, 0.25) is 0 Å². The van der Waals surface area contributed by atoms with Crippen molar-refractivity contribution in [2.45, 2.75) is 32.6 Å². The van der Waals surface area contributed by atoms with Crippen LogP contribution < -0.4 is 10.6 Å². The molecule has 2 N–H and O–H groups in total. The van der Waals surface area contributed by atoms with Crippen molar-refractivity contribution in [2.75, 3.05) is 31.5 Å². The maximum atomic E-state index is 12.0. The van der Waals surface area contributed by atoms with Gasteiger partial charge in [-0.05, 0) is 23.6 Å². The van der Waals surface area contributed by atoms with Crippen LogP contribution in [-0.2, 0) is 9.59 Å². The van der Waals surface area contributed by atoms with E-state index in [-0.39, 0.29) is 24.7 Å². The molecule has 2 rings (SSSR count). The molecule has 1 fully saturated rings. The number of carbonyl (C=O) groups excluding carboxylic acids is 2. The average molecular weight is 303 g/mol. The zero-order valence-corrected chi connectivity index (χ0v) is 13.4. The van der Waals surface area contributed by atoms with Crippen LogP contribution in [0.4, 0.5) is 5.69 Å². The second kappa shape index (κ2) is 7.94. The molecule has 1 aliphatic heterocycles. The summed E-state index contributed by atoms with van der Waals surface area (Å²) in [4.78, 5) is 25.7. The fourth-order valence-corrected chi connectivity index (χ4v) is 2.47. The van der Waals surface area contributed by atoms with Crippen LogP contribution in [0.1, 0.15) is 38.2 Å². The highest BCUT2D eigenvalue weighted by Gasteiger charge is 2.17. The first kappa shape index (κ1) is 16.5. The summed E-state index contributed by atoms with van der Waals surface area (Å²) in [5, 5.41) is 6.05. The maximum Gasteiger partial charge on any atom is 0.224 e. The smallest absolute Gasteiger partial charge is 0.224 e. The van der Waals surface area contributed by atoms with E-state index in [9.17, 15) is 9.59 Å². The summed E-state index contributed by atoms with van der Waals surface area (Å²) in [5.41, 5.74) is 2.02. The van der Waals surface area contributed by atoms with Crippen LogP contribution in [0.15, 0.2) is 24.3 Å². The summed E-state index contributed by atoms with van der Waals surface area (Å²) in [6.07, 6.45) is 0.505. The minimum absolute atomic E-state index is 0.0619. The lowest BCUT2D eigenvalue weighted by Gasteiger charge is -2.27. The van der Waals surface area contributed by atoms with Crippen molar-refractivity contribution in [1.29, 1.82) is 0 Å². The second-order valence-corrected chi connectivity index (χ2v) is 5.96. The number of carbonyl (C=O) groups is 2. The van der Waals surface area contributed by atoms with E-state index in [4.69, 9.17) is 0 Å². The zero-order valence-electron chi connectivity index (χ0n) is 13.4. The molecular weight excluding hydrogens is 278 g/mol. The number of anilines is 1. The third-order valence-electron chi connectivity index (χ3n) is 3.90. The molecular formula is C17H25N3O2. The Kier molecular flexibility index (Phi) is 5.95. The first-order valence-electron chi connectivity index (χ1n) is 7.94. The van der Waals surface area contributed by atoms with E-state index in [1.165, 1.54) is 5.56 Å². The largest absolute Gasteiger partial charge is 0.340 e. The number of nitrogens with one attached hydrogen (secondary N) is 2. The summed E-state index contributed by atoms with van der Waals surface area (Å²) in [7, 11) is 0. The SMILES string of the molecule is CC(C)c1ccc(NC(=O)CCC(=O)N2CCNCC2)cc1. The number of hydrogen-bond acceptors (Lipinski definition) is 3. The molecule has 2 amide bonds. The van der Waals surface area contributed by atoms with Gasteiger partial charge in [0.2, 0.25) is 11.8 Å². The van der Waals surface area contributed by atoms with E-state index in [2.05, 4.69) is 24.5 Å². The van der Waals surface area contributed by atoms with Gasteiger partial charge in [0.15, 0.2) is 0 Å². The molecule has 0 saturated carbocycles. The van der Waals surface area contributed by atoms with Crippen molar-refractivity contribution in [3.8, 4) is 0 Å². The second-order valence-electron chi connectivity index (χ2n) is 5.96. The molecule has 1 aromatic carbocycles. The number of nitrogens with zero attached hydrogens (tertiary/aromatic N) is 1. The number of piperazine rings is 1. The monoisotopic (exact) mass is 303 g/mol. The Morgan fingerprint density at radius 1 is 1.14 bits per heavy atom. The molecule has 0 aliphatic carbocycles. The van der Waals surface area contributed by atoms with Crippen molar-refractivity contribution < 1.29 is 9.59 Å². The number of benzene rings is 1. The van der Waals surface area contributed by atoms with E-state index in [1.54, 1.807) is 0 Å². The molecule has 1 aromatic rings. The van der Waals surface area contributed by atoms with Gasteiger partial charge in [-0.25, -0.2) is 0 Å². The third-order valence-corrected chi connectivity index (χ3v) is 3.90. The normalized spacial score (nSPS) is 15.0. The van der Waals surface area contributed by atoms with E-state index in [0.29, 0.717) is 5.92 Å². The van der Waals surface area contributed by atoms with Crippen LogP contribution in [0.25, 0.3) is 0 Å². The number of amides is 2. The number of hydrogen-bond donors (Lipinski definition) is 2. The molecule has 0 spiro atoms.